The summed E-state index contributed by atoms with van der Waals surface area (Å²) in [6.45, 7) is 1.20. The first-order valence-electron chi connectivity index (χ1n) is 6.36. The Kier molecular flexibility index (Phi) is 4.17. The summed E-state index contributed by atoms with van der Waals surface area (Å²) in [7, 11) is 0. The van der Waals surface area contributed by atoms with Crippen molar-refractivity contribution < 1.29 is 18.0 Å². The van der Waals surface area contributed by atoms with Crippen LogP contribution in [0.25, 0.3) is 0 Å². The number of carbonyl (C=O) groups excluding carboxylic acids is 1. The van der Waals surface area contributed by atoms with Crippen LogP contribution in [-0.2, 0) is 6.18 Å². The highest BCUT2D eigenvalue weighted by Gasteiger charge is 2.31. The summed E-state index contributed by atoms with van der Waals surface area (Å²) in [4.78, 5) is 11.3. The van der Waals surface area contributed by atoms with E-state index < -0.39 is 17.6 Å². The maximum atomic E-state index is 12.6. The highest BCUT2D eigenvalue weighted by atomic mass is 19.4. The third-order valence-corrected chi connectivity index (χ3v) is 3.06. The molecule has 0 aromatic heterocycles. The molecular formula is C13H16F3N3O. The van der Waals surface area contributed by atoms with Gasteiger partial charge in [0.15, 0.2) is 0 Å². The largest absolute Gasteiger partial charge is 0.416 e. The van der Waals surface area contributed by atoms with E-state index in [0.717, 1.165) is 25.0 Å². The van der Waals surface area contributed by atoms with E-state index in [1.54, 1.807) is 0 Å². The van der Waals surface area contributed by atoms with Crippen LogP contribution in [0.3, 0.4) is 0 Å². The van der Waals surface area contributed by atoms with Gasteiger partial charge in [0.2, 0.25) is 0 Å². The first-order valence-corrected chi connectivity index (χ1v) is 6.36. The minimum atomic E-state index is -4.49. The smallest absolute Gasteiger partial charge is 0.383 e. The van der Waals surface area contributed by atoms with Gasteiger partial charge in [-0.3, -0.25) is 4.79 Å². The molecule has 0 heterocycles. The Morgan fingerprint density at radius 1 is 1.30 bits per heavy atom. The first kappa shape index (κ1) is 14.6. The molecule has 4 nitrogen and oxygen atoms in total. The Morgan fingerprint density at radius 2 is 2.00 bits per heavy atom. The number of nitrogens with two attached hydrogens (primary N) is 1. The van der Waals surface area contributed by atoms with Crippen LogP contribution in [0.2, 0.25) is 0 Å². The number of alkyl halides is 3. The van der Waals surface area contributed by atoms with E-state index in [9.17, 15) is 18.0 Å². The van der Waals surface area contributed by atoms with E-state index in [1.165, 1.54) is 6.07 Å². The van der Waals surface area contributed by atoms with Gasteiger partial charge in [0.25, 0.3) is 5.91 Å². The number of anilines is 1. The van der Waals surface area contributed by atoms with Gasteiger partial charge in [-0.05, 0) is 31.0 Å². The van der Waals surface area contributed by atoms with Crippen LogP contribution in [0, 0.1) is 0 Å². The second kappa shape index (κ2) is 5.70. The molecule has 0 radical (unpaired) electrons. The van der Waals surface area contributed by atoms with Gasteiger partial charge in [-0.1, -0.05) is 0 Å². The Labute approximate surface area is 114 Å². The van der Waals surface area contributed by atoms with Crippen LogP contribution >= 0.6 is 0 Å². The summed E-state index contributed by atoms with van der Waals surface area (Å²) in [5, 5.41) is 6.18. The maximum Gasteiger partial charge on any atom is 0.416 e. The molecule has 4 N–H and O–H groups in total. The van der Waals surface area contributed by atoms with Gasteiger partial charge in [-0.15, -0.1) is 0 Å². The van der Waals surface area contributed by atoms with Crippen molar-refractivity contribution in [3.63, 3.8) is 0 Å². The number of halogens is 3. The van der Waals surface area contributed by atoms with Gasteiger partial charge in [-0.2, -0.15) is 13.2 Å². The normalized spacial score (nSPS) is 15.2. The Balaban J connectivity index is 2.04. The van der Waals surface area contributed by atoms with E-state index in [1.807, 2.05) is 0 Å². The van der Waals surface area contributed by atoms with Gasteiger partial charge >= 0.3 is 6.18 Å². The van der Waals surface area contributed by atoms with Crippen molar-refractivity contribution in [2.45, 2.75) is 25.1 Å². The molecule has 0 unspecified atom stereocenters. The highest BCUT2D eigenvalue weighted by molar-refractivity contribution is 5.98. The third kappa shape index (κ3) is 3.86. The summed E-state index contributed by atoms with van der Waals surface area (Å²) in [6.07, 6.45) is -2.17. The second-order valence-corrected chi connectivity index (χ2v) is 4.78. The lowest BCUT2D eigenvalue weighted by Gasteiger charge is -2.13. The van der Waals surface area contributed by atoms with E-state index in [-0.39, 0.29) is 5.56 Å². The van der Waals surface area contributed by atoms with Gasteiger partial charge in [0.1, 0.15) is 0 Å². The number of rotatable bonds is 6. The van der Waals surface area contributed by atoms with Crippen molar-refractivity contribution in [2.24, 2.45) is 5.73 Å². The zero-order chi connectivity index (χ0) is 14.8. The summed E-state index contributed by atoms with van der Waals surface area (Å²) < 4.78 is 37.7. The Bertz CT molecular complexity index is 498. The molecule has 0 spiro atoms. The zero-order valence-electron chi connectivity index (χ0n) is 10.8. The molecule has 1 aliphatic carbocycles. The molecule has 0 aliphatic heterocycles. The lowest BCUT2D eigenvalue weighted by Crippen LogP contribution is -2.25. The van der Waals surface area contributed by atoms with E-state index >= 15 is 0 Å². The number of benzene rings is 1. The minimum Gasteiger partial charge on any atom is -0.383 e. The average molecular weight is 287 g/mol. The van der Waals surface area contributed by atoms with Crippen molar-refractivity contribution in [2.75, 3.05) is 18.4 Å². The number of amides is 1. The predicted molar refractivity (Wildman–Crippen MR) is 69.5 cm³/mol. The molecule has 1 aromatic rings. The molecule has 1 saturated carbocycles. The number of hydrogen-bond donors (Lipinski definition) is 3. The Hall–Kier alpha value is -1.76. The maximum absolute atomic E-state index is 12.6. The van der Waals surface area contributed by atoms with Crippen LogP contribution in [-0.4, -0.2) is 25.0 Å². The summed E-state index contributed by atoms with van der Waals surface area (Å²) in [5.74, 6) is -0.881. The SMILES string of the molecule is NC(=O)c1cc(C(F)(F)F)ccc1NCCNC1CC1. The molecule has 1 aromatic carbocycles. The minimum absolute atomic E-state index is 0.147. The molecule has 1 fully saturated rings. The van der Waals surface area contributed by atoms with Gasteiger partial charge in [0.05, 0.1) is 11.1 Å². The lowest BCUT2D eigenvalue weighted by atomic mass is 10.1. The summed E-state index contributed by atoms with van der Waals surface area (Å²) >= 11 is 0. The number of nitrogens with one attached hydrogen (secondary N) is 2. The molecule has 7 heteroatoms. The highest BCUT2D eigenvalue weighted by Crippen LogP contribution is 2.31. The molecule has 20 heavy (non-hydrogen) atoms. The van der Waals surface area contributed by atoms with Crippen molar-refractivity contribution in [1.82, 2.24) is 5.32 Å². The van der Waals surface area contributed by atoms with Crippen LogP contribution in [0.5, 0.6) is 0 Å². The molecule has 1 amide bonds. The van der Waals surface area contributed by atoms with E-state index in [2.05, 4.69) is 10.6 Å². The van der Waals surface area contributed by atoms with Gasteiger partial charge in [0, 0.05) is 24.8 Å². The van der Waals surface area contributed by atoms with Crippen LogP contribution in [0.15, 0.2) is 18.2 Å². The van der Waals surface area contributed by atoms with E-state index in [4.69, 9.17) is 5.73 Å². The fraction of sp³-hybridized carbons (Fsp3) is 0.462. The molecule has 1 aliphatic rings. The van der Waals surface area contributed by atoms with Crippen molar-refractivity contribution >= 4 is 11.6 Å². The van der Waals surface area contributed by atoms with Gasteiger partial charge < -0.3 is 16.4 Å². The molecule has 110 valence electrons. The lowest BCUT2D eigenvalue weighted by molar-refractivity contribution is -0.137. The second-order valence-electron chi connectivity index (χ2n) is 4.78. The van der Waals surface area contributed by atoms with Crippen molar-refractivity contribution in [1.29, 1.82) is 0 Å². The van der Waals surface area contributed by atoms with Crippen molar-refractivity contribution in [3.8, 4) is 0 Å². The number of carbonyl (C=O) groups is 1. The fourth-order valence-corrected chi connectivity index (χ4v) is 1.84. The molecule has 2 rings (SSSR count). The van der Waals surface area contributed by atoms with Crippen LogP contribution in [0.1, 0.15) is 28.8 Å². The summed E-state index contributed by atoms with van der Waals surface area (Å²) in [6, 6.07) is 3.50. The molecule has 0 saturated heterocycles. The van der Waals surface area contributed by atoms with Gasteiger partial charge in [-0.25, -0.2) is 0 Å². The summed E-state index contributed by atoms with van der Waals surface area (Å²) in [5.41, 5.74) is 4.42. The topological polar surface area (TPSA) is 67.2 Å². The van der Waals surface area contributed by atoms with E-state index in [0.29, 0.717) is 24.8 Å². The third-order valence-electron chi connectivity index (χ3n) is 3.06. The number of primary amides is 1. The van der Waals surface area contributed by atoms with Crippen LogP contribution in [0.4, 0.5) is 18.9 Å². The predicted octanol–water partition coefficient (Wildman–Crippen LogP) is 1.97. The fourth-order valence-electron chi connectivity index (χ4n) is 1.84. The first-order chi connectivity index (χ1) is 9.38. The van der Waals surface area contributed by atoms with Crippen LogP contribution < -0.4 is 16.4 Å². The monoisotopic (exact) mass is 287 g/mol. The average Bonchev–Trinajstić information content (AvgIpc) is 3.17. The molecule has 0 atom stereocenters. The Morgan fingerprint density at radius 3 is 2.55 bits per heavy atom. The van der Waals surface area contributed by atoms with Crippen molar-refractivity contribution in [3.05, 3.63) is 29.3 Å². The zero-order valence-corrected chi connectivity index (χ0v) is 10.8. The quantitative estimate of drug-likeness (QED) is 0.701. The standard InChI is InChI=1S/C13H16F3N3O/c14-13(15,16)8-1-4-11(10(7-8)12(17)20)19-6-5-18-9-2-3-9/h1,4,7,9,18-19H,2-3,5-6H2,(H2,17,20). The molecular weight excluding hydrogens is 271 g/mol. The molecule has 0 bridgehead atoms. The number of hydrogen-bond acceptors (Lipinski definition) is 3.